The summed E-state index contributed by atoms with van der Waals surface area (Å²) in [4.78, 5) is 14.0. The number of Topliss-reactive ketones (excluding diaryl/α,β-unsaturated/α-hetero) is 1. The fraction of sp³-hybridized carbons (Fsp3) is 0.467. The van der Waals surface area contributed by atoms with Crippen LogP contribution in [0.2, 0.25) is 0 Å². The lowest BCUT2D eigenvalue weighted by Gasteiger charge is -2.27. The fourth-order valence-corrected chi connectivity index (χ4v) is 2.71. The molecule has 3 nitrogen and oxygen atoms in total. The van der Waals surface area contributed by atoms with Gasteiger partial charge in [-0.15, -0.1) is 0 Å². The molecule has 1 fully saturated rings. The Kier molecular flexibility index (Phi) is 3.66. The van der Waals surface area contributed by atoms with E-state index in [2.05, 4.69) is 17.9 Å². The first-order chi connectivity index (χ1) is 8.67. The zero-order chi connectivity index (χ0) is 13.1. The van der Waals surface area contributed by atoms with Crippen LogP contribution in [0.25, 0.3) is 0 Å². The lowest BCUT2D eigenvalue weighted by molar-refractivity contribution is 0.101. The van der Waals surface area contributed by atoms with Crippen LogP contribution >= 0.6 is 0 Å². The Balaban J connectivity index is 2.47. The Morgan fingerprint density at radius 1 is 1.56 bits per heavy atom. The molecule has 1 heterocycles. The van der Waals surface area contributed by atoms with Gasteiger partial charge >= 0.3 is 0 Å². The Labute approximate surface area is 108 Å². The minimum Gasteiger partial charge on any atom is -0.368 e. The molecule has 18 heavy (non-hydrogen) atoms. The van der Waals surface area contributed by atoms with Crippen molar-refractivity contribution in [3.8, 4) is 6.07 Å². The van der Waals surface area contributed by atoms with Gasteiger partial charge in [-0.25, -0.2) is 0 Å². The molecule has 94 valence electrons. The maximum atomic E-state index is 11.7. The number of rotatable bonds is 3. The van der Waals surface area contributed by atoms with Gasteiger partial charge in [-0.3, -0.25) is 4.79 Å². The van der Waals surface area contributed by atoms with E-state index in [0.29, 0.717) is 11.6 Å². The molecule has 1 aliphatic rings. The van der Waals surface area contributed by atoms with E-state index < -0.39 is 0 Å². The molecule has 0 amide bonds. The van der Waals surface area contributed by atoms with E-state index in [1.54, 1.807) is 19.1 Å². The van der Waals surface area contributed by atoms with Crippen LogP contribution in [0.3, 0.4) is 0 Å². The van der Waals surface area contributed by atoms with Crippen LogP contribution in [0.15, 0.2) is 18.2 Å². The molecule has 3 heteroatoms. The zero-order valence-electron chi connectivity index (χ0n) is 10.9. The van der Waals surface area contributed by atoms with Gasteiger partial charge in [0.15, 0.2) is 5.78 Å². The van der Waals surface area contributed by atoms with Gasteiger partial charge in [0.25, 0.3) is 0 Å². The van der Waals surface area contributed by atoms with Crippen molar-refractivity contribution >= 4 is 11.5 Å². The summed E-state index contributed by atoms with van der Waals surface area (Å²) in [6.07, 6.45) is 3.41. The van der Waals surface area contributed by atoms with Gasteiger partial charge in [-0.1, -0.05) is 6.92 Å². The second kappa shape index (κ2) is 5.22. The zero-order valence-corrected chi connectivity index (χ0v) is 10.9. The lowest BCUT2D eigenvalue weighted by atomic mass is 10.0. The predicted octanol–water partition coefficient (Wildman–Crippen LogP) is 3.14. The van der Waals surface area contributed by atoms with Crippen LogP contribution in [-0.4, -0.2) is 18.4 Å². The predicted molar refractivity (Wildman–Crippen MR) is 71.8 cm³/mol. The average Bonchev–Trinajstić information content (AvgIpc) is 2.85. The van der Waals surface area contributed by atoms with Crippen LogP contribution in [0, 0.1) is 11.3 Å². The average molecular weight is 242 g/mol. The van der Waals surface area contributed by atoms with E-state index in [1.807, 2.05) is 6.07 Å². The molecule has 0 saturated carbocycles. The molecule has 0 spiro atoms. The molecule has 1 aromatic rings. The minimum atomic E-state index is 0.0660. The highest BCUT2D eigenvalue weighted by Gasteiger charge is 2.26. The van der Waals surface area contributed by atoms with Gasteiger partial charge in [-0.2, -0.15) is 5.26 Å². The topological polar surface area (TPSA) is 44.1 Å². The van der Waals surface area contributed by atoms with Crippen LogP contribution in [0.4, 0.5) is 5.69 Å². The number of hydrogen-bond donors (Lipinski definition) is 0. The van der Waals surface area contributed by atoms with E-state index in [0.717, 1.165) is 30.6 Å². The molecule has 1 unspecified atom stereocenters. The molecule has 1 aliphatic heterocycles. The van der Waals surface area contributed by atoms with Crippen molar-refractivity contribution in [1.82, 2.24) is 0 Å². The first-order valence-electron chi connectivity index (χ1n) is 6.49. The summed E-state index contributed by atoms with van der Waals surface area (Å²) in [5.74, 6) is 0.0660. The third-order valence-corrected chi connectivity index (χ3v) is 3.66. The number of carbonyl (C=O) groups is 1. The Hall–Kier alpha value is -1.82. The van der Waals surface area contributed by atoms with E-state index in [9.17, 15) is 4.79 Å². The molecule has 0 N–H and O–H groups in total. The second-order valence-electron chi connectivity index (χ2n) is 4.80. The molecular formula is C15H18N2O. The molecule has 1 atom stereocenters. The van der Waals surface area contributed by atoms with Crippen LogP contribution < -0.4 is 4.90 Å². The number of benzene rings is 1. The smallest absolute Gasteiger partial charge is 0.161 e. The first-order valence-corrected chi connectivity index (χ1v) is 6.49. The summed E-state index contributed by atoms with van der Waals surface area (Å²) in [5.41, 5.74) is 2.29. The van der Waals surface area contributed by atoms with Gasteiger partial charge in [-0.05, 0) is 44.4 Å². The van der Waals surface area contributed by atoms with Gasteiger partial charge in [0.05, 0.1) is 11.6 Å². The number of anilines is 1. The third kappa shape index (κ3) is 2.24. The molecule has 1 aromatic carbocycles. The summed E-state index contributed by atoms with van der Waals surface area (Å²) in [7, 11) is 0. The van der Waals surface area contributed by atoms with Crippen molar-refractivity contribution in [2.75, 3.05) is 11.4 Å². The highest BCUT2D eigenvalue weighted by Crippen LogP contribution is 2.31. The van der Waals surface area contributed by atoms with Gasteiger partial charge in [0, 0.05) is 23.8 Å². The SMILES string of the molecule is CCC1CCCN1c1cc(C#N)ccc1C(C)=O. The molecule has 0 radical (unpaired) electrons. The number of ketones is 1. The van der Waals surface area contributed by atoms with Crippen molar-refractivity contribution < 1.29 is 4.79 Å². The normalized spacial score (nSPS) is 18.7. The fourth-order valence-electron chi connectivity index (χ4n) is 2.71. The summed E-state index contributed by atoms with van der Waals surface area (Å²) in [6.45, 7) is 4.74. The largest absolute Gasteiger partial charge is 0.368 e. The molecule has 0 bridgehead atoms. The quantitative estimate of drug-likeness (QED) is 0.765. The second-order valence-corrected chi connectivity index (χ2v) is 4.80. The van der Waals surface area contributed by atoms with E-state index in [-0.39, 0.29) is 5.78 Å². The van der Waals surface area contributed by atoms with Crippen LogP contribution in [0.1, 0.15) is 49.0 Å². The molecule has 0 aliphatic carbocycles. The third-order valence-electron chi connectivity index (χ3n) is 3.66. The molecule has 1 saturated heterocycles. The van der Waals surface area contributed by atoms with Crippen LogP contribution in [-0.2, 0) is 0 Å². The molecular weight excluding hydrogens is 224 g/mol. The number of hydrogen-bond acceptors (Lipinski definition) is 3. The Morgan fingerprint density at radius 3 is 2.94 bits per heavy atom. The highest BCUT2D eigenvalue weighted by atomic mass is 16.1. The molecule has 0 aromatic heterocycles. The number of nitriles is 1. The highest BCUT2D eigenvalue weighted by molar-refractivity contribution is 6.00. The van der Waals surface area contributed by atoms with E-state index >= 15 is 0 Å². The van der Waals surface area contributed by atoms with Gasteiger partial charge in [0.1, 0.15) is 0 Å². The van der Waals surface area contributed by atoms with Gasteiger partial charge in [0.2, 0.25) is 0 Å². The van der Waals surface area contributed by atoms with E-state index in [4.69, 9.17) is 5.26 Å². The molecule has 2 rings (SSSR count). The maximum Gasteiger partial charge on any atom is 0.161 e. The standard InChI is InChI=1S/C15H18N2O/c1-3-13-5-4-8-17(13)15-9-12(10-16)6-7-14(15)11(2)18/h6-7,9,13H,3-5,8H2,1-2H3. The van der Waals surface area contributed by atoms with E-state index in [1.165, 1.54) is 6.42 Å². The van der Waals surface area contributed by atoms with Crippen molar-refractivity contribution in [3.63, 3.8) is 0 Å². The number of carbonyl (C=O) groups excluding carboxylic acids is 1. The lowest BCUT2D eigenvalue weighted by Crippen LogP contribution is -2.29. The summed E-state index contributed by atoms with van der Waals surface area (Å²) >= 11 is 0. The maximum absolute atomic E-state index is 11.7. The van der Waals surface area contributed by atoms with Crippen molar-refractivity contribution in [1.29, 1.82) is 5.26 Å². The number of nitrogens with zero attached hydrogens (tertiary/aromatic N) is 2. The Bertz CT molecular complexity index is 502. The Morgan fingerprint density at radius 2 is 2.33 bits per heavy atom. The monoisotopic (exact) mass is 242 g/mol. The minimum absolute atomic E-state index is 0.0660. The summed E-state index contributed by atoms with van der Waals surface area (Å²) in [6, 6.07) is 8.00. The van der Waals surface area contributed by atoms with Crippen LogP contribution in [0.5, 0.6) is 0 Å². The summed E-state index contributed by atoms with van der Waals surface area (Å²) < 4.78 is 0. The van der Waals surface area contributed by atoms with Crippen molar-refractivity contribution in [2.45, 2.75) is 39.2 Å². The summed E-state index contributed by atoms with van der Waals surface area (Å²) in [5, 5.41) is 9.00. The first kappa shape index (κ1) is 12.6. The van der Waals surface area contributed by atoms with Crippen molar-refractivity contribution in [3.05, 3.63) is 29.3 Å². The van der Waals surface area contributed by atoms with Crippen molar-refractivity contribution in [2.24, 2.45) is 0 Å². The van der Waals surface area contributed by atoms with Gasteiger partial charge < -0.3 is 4.90 Å².